The first-order valence-electron chi connectivity index (χ1n) is 14.8. The molecule has 0 amide bonds. The van der Waals surface area contributed by atoms with E-state index in [1.165, 1.54) is 5.56 Å². The van der Waals surface area contributed by atoms with E-state index in [2.05, 4.69) is 118 Å². The van der Waals surface area contributed by atoms with Crippen molar-refractivity contribution in [3.8, 4) is 0 Å². The van der Waals surface area contributed by atoms with Crippen LogP contribution in [-0.4, -0.2) is 47.8 Å². The fourth-order valence-electron chi connectivity index (χ4n) is 7.89. The molecule has 1 aliphatic rings. The van der Waals surface area contributed by atoms with E-state index in [-0.39, 0.29) is 0 Å². The molecule has 0 aromatic heterocycles. The van der Waals surface area contributed by atoms with Gasteiger partial charge in [-0.25, -0.2) is 0 Å². The standard InChI is InChI=1S/C31H59NO2Si2/c1-23(2)35(24(3)4,25(5)6)33-21-30-19-32(18-29-16-14-13-15-17-29)20-31(30)22-34-36(26(7)8,27(9)10)28(11)12/h13-17,23-28,30-31H,18-22H2,1-12H3/t30-,31-/m1/s1. The summed E-state index contributed by atoms with van der Waals surface area (Å²) >= 11 is 0. The molecular weight excluding hydrogens is 475 g/mol. The predicted octanol–water partition coefficient (Wildman–Crippen LogP) is 9.12. The topological polar surface area (TPSA) is 21.7 Å². The number of likely N-dealkylation sites (tertiary alicyclic amines) is 1. The smallest absolute Gasteiger partial charge is 0.200 e. The number of hydrogen-bond acceptors (Lipinski definition) is 3. The van der Waals surface area contributed by atoms with Crippen LogP contribution < -0.4 is 0 Å². The highest BCUT2D eigenvalue weighted by Crippen LogP contribution is 2.45. The van der Waals surface area contributed by atoms with Crippen LogP contribution in [0.15, 0.2) is 30.3 Å². The van der Waals surface area contributed by atoms with E-state index in [0.717, 1.165) is 32.8 Å². The van der Waals surface area contributed by atoms with E-state index in [9.17, 15) is 0 Å². The van der Waals surface area contributed by atoms with Crippen LogP contribution >= 0.6 is 0 Å². The van der Waals surface area contributed by atoms with Gasteiger partial charge < -0.3 is 8.85 Å². The zero-order valence-corrected chi connectivity index (χ0v) is 27.8. The SMILES string of the molecule is CC(C)[Si](OC[C@H]1CN(Cc2ccccc2)C[C@@H]1CO[Si](C(C)C)(C(C)C)C(C)C)(C(C)C)C(C)C. The summed E-state index contributed by atoms with van der Waals surface area (Å²) in [7, 11) is -3.77. The lowest BCUT2D eigenvalue weighted by atomic mass is 9.98. The molecule has 1 fully saturated rings. The van der Waals surface area contributed by atoms with Crippen molar-refractivity contribution in [1.29, 1.82) is 0 Å². The minimum atomic E-state index is -1.88. The summed E-state index contributed by atoms with van der Waals surface area (Å²) in [5.74, 6) is 1.07. The maximum Gasteiger partial charge on any atom is 0.200 e. The Kier molecular flexibility index (Phi) is 12.0. The third-order valence-electron chi connectivity index (χ3n) is 9.41. The second kappa shape index (κ2) is 13.6. The summed E-state index contributed by atoms with van der Waals surface area (Å²) in [6, 6.07) is 11.0. The zero-order valence-electron chi connectivity index (χ0n) is 25.8. The maximum absolute atomic E-state index is 7.17. The van der Waals surface area contributed by atoms with Gasteiger partial charge in [-0.2, -0.15) is 0 Å². The van der Waals surface area contributed by atoms with Gasteiger partial charge in [0.2, 0.25) is 0 Å². The van der Waals surface area contributed by atoms with Gasteiger partial charge in [0.05, 0.1) is 0 Å². The molecule has 0 aliphatic carbocycles. The molecule has 0 bridgehead atoms. The Balaban J connectivity index is 2.26. The molecule has 5 heteroatoms. The molecule has 3 nitrogen and oxygen atoms in total. The second-order valence-electron chi connectivity index (χ2n) is 13.5. The fourth-order valence-corrected chi connectivity index (χ4v) is 18.9. The Morgan fingerprint density at radius 1 is 0.611 bits per heavy atom. The largest absolute Gasteiger partial charge is 0.416 e. The van der Waals surface area contributed by atoms with Gasteiger partial charge in [0.25, 0.3) is 0 Å². The normalized spacial score (nSPS) is 20.3. The van der Waals surface area contributed by atoms with Crippen molar-refractivity contribution in [2.24, 2.45) is 11.8 Å². The molecule has 1 aliphatic heterocycles. The molecule has 1 heterocycles. The van der Waals surface area contributed by atoms with Crippen LogP contribution in [0.2, 0.25) is 33.2 Å². The van der Waals surface area contributed by atoms with Gasteiger partial charge in [0, 0.05) is 32.8 Å². The molecule has 1 saturated heterocycles. The molecule has 2 rings (SSSR count). The molecule has 0 unspecified atom stereocenters. The summed E-state index contributed by atoms with van der Waals surface area (Å²) in [4.78, 5) is 2.66. The Labute approximate surface area is 227 Å². The van der Waals surface area contributed by atoms with Gasteiger partial charge in [-0.05, 0) is 50.6 Å². The van der Waals surface area contributed by atoms with Crippen molar-refractivity contribution in [2.75, 3.05) is 26.3 Å². The molecule has 0 spiro atoms. The first-order chi connectivity index (χ1) is 16.8. The summed E-state index contributed by atoms with van der Waals surface area (Å²) in [5, 5.41) is 0. The van der Waals surface area contributed by atoms with Crippen LogP contribution in [0, 0.1) is 11.8 Å². The van der Waals surface area contributed by atoms with Crippen LogP contribution in [0.1, 0.15) is 88.6 Å². The van der Waals surface area contributed by atoms with Gasteiger partial charge in [-0.3, -0.25) is 4.90 Å². The molecule has 0 N–H and O–H groups in total. The van der Waals surface area contributed by atoms with Gasteiger partial charge >= 0.3 is 0 Å². The summed E-state index contributed by atoms with van der Waals surface area (Å²) in [6.07, 6.45) is 0. The molecule has 2 atom stereocenters. The van der Waals surface area contributed by atoms with Gasteiger partial charge in [-0.15, -0.1) is 0 Å². The Morgan fingerprint density at radius 2 is 0.944 bits per heavy atom. The van der Waals surface area contributed by atoms with Crippen molar-refractivity contribution in [2.45, 2.75) is 123 Å². The highest BCUT2D eigenvalue weighted by molar-refractivity contribution is 6.78. The van der Waals surface area contributed by atoms with Crippen molar-refractivity contribution in [3.63, 3.8) is 0 Å². The predicted molar refractivity (Wildman–Crippen MR) is 163 cm³/mol. The average molecular weight is 534 g/mol. The fraction of sp³-hybridized carbons (Fsp3) is 0.806. The van der Waals surface area contributed by atoms with Crippen molar-refractivity contribution in [1.82, 2.24) is 4.90 Å². The minimum Gasteiger partial charge on any atom is -0.416 e. The Morgan fingerprint density at radius 3 is 1.25 bits per heavy atom. The van der Waals surface area contributed by atoms with Crippen LogP contribution in [0.25, 0.3) is 0 Å². The zero-order chi connectivity index (χ0) is 27.3. The van der Waals surface area contributed by atoms with E-state index < -0.39 is 16.6 Å². The Hall–Kier alpha value is -0.466. The van der Waals surface area contributed by atoms with Crippen LogP contribution in [0.3, 0.4) is 0 Å². The first-order valence-corrected chi connectivity index (χ1v) is 19.1. The van der Waals surface area contributed by atoms with Crippen LogP contribution in [0.4, 0.5) is 0 Å². The van der Waals surface area contributed by atoms with E-state index in [0.29, 0.717) is 45.1 Å². The third kappa shape index (κ3) is 6.94. The molecule has 1 aromatic carbocycles. The first kappa shape index (κ1) is 31.7. The summed E-state index contributed by atoms with van der Waals surface area (Å²) in [5.41, 5.74) is 5.14. The van der Waals surface area contributed by atoms with Gasteiger partial charge in [0.15, 0.2) is 16.6 Å². The van der Waals surface area contributed by atoms with Crippen LogP contribution in [-0.2, 0) is 15.4 Å². The lowest BCUT2D eigenvalue weighted by Gasteiger charge is -2.44. The number of nitrogens with zero attached hydrogens (tertiary/aromatic N) is 1. The van der Waals surface area contributed by atoms with E-state index in [4.69, 9.17) is 8.85 Å². The third-order valence-corrected chi connectivity index (χ3v) is 21.6. The number of benzene rings is 1. The minimum absolute atomic E-state index is 0.537. The highest BCUT2D eigenvalue weighted by atomic mass is 28.4. The van der Waals surface area contributed by atoms with E-state index >= 15 is 0 Å². The molecular formula is C31H59NO2Si2. The van der Waals surface area contributed by atoms with Crippen molar-refractivity contribution in [3.05, 3.63) is 35.9 Å². The summed E-state index contributed by atoms with van der Waals surface area (Å²) in [6.45, 7) is 33.8. The average Bonchev–Trinajstić information content (AvgIpc) is 3.15. The molecule has 0 radical (unpaired) electrons. The van der Waals surface area contributed by atoms with Crippen LogP contribution in [0.5, 0.6) is 0 Å². The van der Waals surface area contributed by atoms with Gasteiger partial charge in [0.1, 0.15) is 0 Å². The van der Waals surface area contributed by atoms with Crippen molar-refractivity contribution < 1.29 is 8.85 Å². The molecule has 1 aromatic rings. The maximum atomic E-state index is 7.17. The molecule has 208 valence electrons. The van der Waals surface area contributed by atoms with E-state index in [1.54, 1.807) is 0 Å². The molecule has 0 saturated carbocycles. The summed E-state index contributed by atoms with van der Waals surface area (Å²) < 4.78 is 14.3. The van der Waals surface area contributed by atoms with E-state index in [1.807, 2.05) is 0 Å². The second-order valence-corrected chi connectivity index (χ2v) is 24.4. The lowest BCUT2D eigenvalue weighted by Crippen LogP contribution is -2.50. The number of hydrogen-bond donors (Lipinski definition) is 0. The molecule has 36 heavy (non-hydrogen) atoms. The quantitative estimate of drug-likeness (QED) is 0.223. The monoisotopic (exact) mass is 533 g/mol. The van der Waals surface area contributed by atoms with Gasteiger partial charge in [-0.1, -0.05) is 113 Å². The highest BCUT2D eigenvalue weighted by Gasteiger charge is 2.48. The van der Waals surface area contributed by atoms with Crippen molar-refractivity contribution >= 4 is 16.6 Å². The Bertz CT molecular complexity index is 676. The lowest BCUT2D eigenvalue weighted by molar-refractivity contribution is 0.152. The number of rotatable bonds is 14.